The lowest BCUT2D eigenvalue weighted by molar-refractivity contribution is -0.156. The normalized spacial score (nSPS) is 23.6. The van der Waals surface area contributed by atoms with E-state index in [2.05, 4.69) is 24.9 Å². The Hall–Kier alpha value is -3.62. The number of para-hydroxylation sites is 1. The molecule has 0 radical (unpaired) electrons. The van der Waals surface area contributed by atoms with Gasteiger partial charge in [0.2, 0.25) is 16.0 Å². The van der Waals surface area contributed by atoms with Crippen LogP contribution in [0.3, 0.4) is 0 Å². The van der Waals surface area contributed by atoms with Gasteiger partial charge < -0.3 is 29.9 Å². The first kappa shape index (κ1) is 39.1. The van der Waals surface area contributed by atoms with E-state index in [0.717, 1.165) is 11.3 Å². The molecule has 1 aliphatic carbocycles. The van der Waals surface area contributed by atoms with E-state index >= 15 is 0 Å². The first-order valence-electron chi connectivity index (χ1n) is 16.1. The van der Waals surface area contributed by atoms with E-state index in [4.69, 9.17) is 47.5 Å². The van der Waals surface area contributed by atoms with Crippen LogP contribution in [0.25, 0.3) is 11.2 Å². The van der Waals surface area contributed by atoms with Gasteiger partial charge in [-0.25, -0.2) is 18.0 Å². The maximum Gasteiger partial charge on any atom is 0.459 e. The number of hydrogen-bond acceptors (Lipinski definition) is 15. The highest BCUT2D eigenvalue weighted by atomic mass is 35.5. The Bertz CT molecular complexity index is 2140. The first-order chi connectivity index (χ1) is 24.9. The third-order valence-corrected chi connectivity index (χ3v) is 11.7. The van der Waals surface area contributed by atoms with Gasteiger partial charge in [0.15, 0.2) is 23.2 Å². The lowest BCUT2D eigenvalue weighted by Crippen LogP contribution is -2.57. The smallest absolute Gasteiger partial charge is 0.459 e. The number of ether oxygens (including phenoxy) is 2. The van der Waals surface area contributed by atoms with Gasteiger partial charge in [-0.05, 0) is 50.5 Å². The number of aliphatic hydroxyl groups is 2. The zero-order valence-corrected chi connectivity index (χ0v) is 31.8. The molecule has 3 heterocycles. The molecule has 0 bridgehead atoms. The second-order valence-electron chi connectivity index (χ2n) is 12.9. The molecule has 2 aliphatic rings. The molecule has 0 spiro atoms. The van der Waals surface area contributed by atoms with Crippen molar-refractivity contribution in [1.29, 1.82) is 0 Å². The summed E-state index contributed by atoms with van der Waals surface area (Å²) >= 11 is 12.5. The molecule has 0 amide bonds. The molecule has 53 heavy (non-hydrogen) atoms. The van der Waals surface area contributed by atoms with Gasteiger partial charge in [-0.3, -0.25) is 18.9 Å². The number of fused-ring (bicyclic) bond motifs is 1. The molecular weight excluding hydrogens is 778 g/mol. The van der Waals surface area contributed by atoms with E-state index in [1.54, 1.807) is 48.5 Å². The van der Waals surface area contributed by atoms with Crippen molar-refractivity contribution in [2.75, 3.05) is 30.7 Å². The van der Waals surface area contributed by atoms with Gasteiger partial charge >= 0.3 is 13.7 Å². The molecule has 2 aromatic carbocycles. The molecule has 1 saturated carbocycles. The Morgan fingerprint density at radius 3 is 2.47 bits per heavy atom. The molecule has 6 N–H and O–H groups in total. The number of benzene rings is 2. The molecule has 1 saturated heterocycles. The maximum atomic E-state index is 14.5. The average Bonchev–Trinajstić information content (AvgIpc) is 3.57. The number of sulfonamides is 1. The van der Waals surface area contributed by atoms with E-state index in [1.165, 1.54) is 24.9 Å². The van der Waals surface area contributed by atoms with Gasteiger partial charge in [0, 0.05) is 22.7 Å². The number of nitrogens with two attached hydrogens (primary N) is 1. The number of hydrogen-bond donors (Lipinski definition) is 5. The quantitative estimate of drug-likeness (QED) is 0.0698. The second kappa shape index (κ2) is 14.9. The summed E-state index contributed by atoms with van der Waals surface area (Å²) in [5.74, 6) is -0.832. The fourth-order valence-corrected chi connectivity index (χ4v) is 8.80. The minimum atomic E-state index is -4.47. The number of carbonyl (C=O) groups is 1. The van der Waals surface area contributed by atoms with Crippen LogP contribution in [-0.4, -0.2) is 87.4 Å². The van der Waals surface area contributed by atoms with Crippen LogP contribution < -0.4 is 25.2 Å². The fourth-order valence-electron chi connectivity index (χ4n) is 5.97. The van der Waals surface area contributed by atoms with Crippen LogP contribution in [0.15, 0.2) is 54.9 Å². The molecule has 6 rings (SSSR count). The van der Waals surface area contributed by atoms with Gasteiger partial charge in [0.05, 0.1) is 19.2 Å². The second-order valence-corrected chi connectivity index (χ2v) is 17.1. The van der Waals surface area contributed by atoms with Crippen molar-refractivity contribution in [2.45, 2.75) is 62.4 Å². The van der Waals surface area contributed by atoms with Gasteiger partial charge in [-0.15, -0.1) is 4.83 Å². The Labute approximate surface area is 314 Å². The van der Waals surface area contributed by atoms with E-state index in [1.807, 2.05) is 0 Å². The van der Waals surface area contributed by atoms with E-state index in [0.29, 0.717) is 22.0 Å². The zero-order valence-electron chi connectivity index (χ0n) is 28.5. The van der Waals surface area contributed by atoms with Crippen molar-refractivity contribution in [3.63, 3.8) is 0 Å². The predicted octanol–water partition coefficient (Wildman–Crippen LogP) is 3.08. The van der Waals surface area contributed by atoms with Gasteiger partial charge in [-0.2, -0.15) is 15.1 Å². The molecular formula is C31H37Cl2N8O10PS. The minimum absolute atomic E-state index is 0.00164. The summed E-state index contributed by atoms with van der Waals surface area (Å²) in [5.41, 5.74) is 3.00. The number of halogens is 2. The number of nitrogens with one attached hydrogen (secondary N) is 2. The summed E-state index contributed by atoms with van der Waals surface area (Å²) < 4.78 is 62.9. The molecule has 3 unspecified atom stereocenters. The number of nitrogen functional groups attached to an aromatic ring is 1. The zero-order chi connectivity index (χ0) is 38.3. The number of aromatic nitrogens is 4. The molecule has 4 aromatic rings. The summed E-state index contributed by atoms with van der Waals surface area (Å²) in [7, 11) is -6.80. The van der Waals surface area contributed by atoms with Gasteiger partial charge in [0.1, 0.15) is 35.7 Å². The number of rotatable bonds is 14. The highest BCUT2D eigenvalue weighted by molar-refractivity contribution is 7.88. The monoisotopic (exact) mass is 814 g/mol. The van der Waals surface area contributed by atoms with Crippen LogP contribution in [0.2, 0.25) is 10.0 Å². The lowest BCUT2D eigenvalue weighted by atomic mass is 9.78. The van der Waals surface area contributed by atoms with Crippen molar-refractivity contribution in [2.24, 2.45) is 0 Å². The predicted molar refractivity (Wildman–Crippen MR) is 193 cm³/mol. The lowest BCUT2D eigenvalue weighted by Gasteiger charge is -2.41. The summed E-state index contributed by atoms with van der Waals surface area (Å²) in [4.78, 5) is 28.4. The minimum Gasteiger partial charge on any atom is -0.459 e. The molecule has 2 aromatic heterocycles. The number of imidazole rings is 1. The summed E-state index contributed by atoms with van der Waals surface area (Å²) in [6.07, 6.45) is -1.04. The standard InChI is InChI=1S/C31H37Cl2N8O10PS/c1-30(44)24(42)22(50-27(30)41-17-35-23-25(36-29(34)37-26(23)41)40(2)39-53(3,46)47)16-49-52(45,51-18-9-5-4-6-10-18)38-31(13-8-14-31)28(43)48-15-19-20(32)11-7-12-21(19)33/h4-7,9-12,17,22,24,27,39,42,44H,8,13-16H2,1-3H3,(H,38,45)(H2,34,36,37)/t22?,24-,27?,30-,52?/m1/s1. The van der Waals surface area contributed by atoms with Crippen molar-refractivity contribution >= 4 is 69.9 Å². The van der Waals surface area contributed by atoms with Gasteiger partial charge in [-0.1, -0.05) is 47.5 Å². The number of hydrazine groups is 1. The highest BCUT2D eigenvalue weighted by Gasteiger charge is 2.56. The van der Waals surface area contributed by atoms with Crippen LogP contribution in [0.4, 0.5) is 11.8 Å². The Morgan fingerprint density at radius 1 is 1.17 bits per heavy atom. The van der Waals surface area contributed by atoms with Gasteiger partial charge in [0.25, 0.3) is 0 Å². The topological polar surface area (TPSA) is 243 Å². The largest absolute Gasteiger partial charge is 0.459 e. The molecule has 2 fully saturated rings. The van der Waals surface area contributed by atoms with Crippen molar-refractivity contribution in [3.8, 4) is 5.75 Å². The Balaban J connectivity index is 1.23. The molecule has 1 aliphatic heterocycles. The Morgan fingerprint density at radius 2 is 1.85 bits per heavy atom. The van der Waals surface area contributed by atoms with Crippen LogP contribution in [-0.2, 0) is 40.0 Å². The van der Waals surface area contributed by atoms with Crippen molar-refractivity contribution in [1.82, 2.24) is 29.4 Å². The number of carbonyl (C=O) groups excluding carboxylic acids is 1. The third kappa shape index (κ3) is 8.24. The SMILES string of the molecule is CN(NS(C)(=O)=O)c1nc(N)nc2c1ncn2C1OC(COP(=O)(NC2(C(=O)OCc3c(Cl)cccc3Cl)CCC2)Oc2ccccc2)[C@@H](O)[C@@]1(C)O. The van der Waals surface area contributed by atoms with Crippen LogP contribution in [0, 0.1) is 0 Å². The molecule has 286 valence electrons. The highest BCUT2D eigenvalue weighted by Crippen LogP contribution is 2.51. The Kier molecular flexibility index (Phi) is 11.0. The number of nitrogens with zero attached hydrogens (tertiary/aromatic N) is 5. The number of esters is 1. The number of anilines is 2. The van der Waals surface area contributed by atoms with Crippen molar-refractivity contribution < 1.29 is 46.5 Å². The number of aliphatic hydroxyl groups excluding tert-OH is 1. The van der Waals surface area contributed by atoms with Crippen molar-refractivity contribution in [3.05, 3.63) is 70.5 Å². The fraction of sp³-hybridized carbons (Fsp3) is 0.419. The van der Waals surface area contributed by atoms with Crippen LogP contribution in [0.5, 0.6) is 5.75 Å². The third-order valence-electron chi connectivity index (χ3n) is 8.78. The molecule has 5 atom stereocenters. The first-order valence-corrected chi connectivity index (χ1v) is 20.3. The molecule has 18 nitrogen and oxygen atoms in total. The molecule has 22 heteroatoms. The summed E-state index contributed by atoms with van der Waals surface area (Å²) in [5, 5.41) is 27.3. The average molecular weight is 816 g/mol. The van der Waals surface area contributed by atoms with E-state index in [9.17, 15) is 28.0 Å². The van der Waals surface area contributed by atoms with Crippen LogP contribution >= 0.6 is 30.9 Å². The maximum absolute atomic E-state index is 14.5. The van der Waals surface area contributed by atoms with Crippen LogP contribution in [0.1, 0.15) is 38.0 Å². The summed E-state index contributed by atoms with van der Waals surface area (Å²) in [6.45, 7) is 0.469. The summed E-state index contributed by atoms with van der Waals surface area (Å²) in [6, 6.07) is 13.0. The van der Waals surface area contributed by atoms with E-state index in [-0.39, 0.29) is 48.1 Å². The van der Waals surface area contributed by atoms with E-state index < -0.39 is 59.9 Å².